The molecular weight excluding hydrogens is 779 g/mol. The summed E-state index contributed by atoms with van der Waals surface area (Å²) in [5, 5.41) is 55.3. The molecule has 8 atom stereocenters. The van der Waals surface area contributed by atoms with Crippen molar-refractivity contribution >= 4 is 16.3 Å². The van der Waals surface area contributed by atoms with Gasteiger partial charge in [0.15, 0.2) is 6.29 Å². The Labute approximate surface area is 359 Å². The molecule has 0 aromatic rings. The fourth-order valence-electron chi connectivity index (χ4n) is 7.94. The number of unbranched alkanes of at least 4 members (excludes halogenated alkanes) is 28. The van der Waals surface area contributed by atoms with Crippen LogP contribution >= 0.6 is 0 Å². The van der Waals surface area contributed by atoms with Crippen molar-refractivity contribution in [3.8, 4) is 0 Å². The van der Waals surface area contributed by atoms with Crippen molar-refractivity contribution in [3.63, 3.8) is 0 Å². The third-order valence-electron chi connectivity index (χ3n) is 11.8. The Morgan fingerprint density at radius 3 is 1.36 bits per heavy atom. The van der Waals surface area contributed by atoms with Crippen molar-refractivity contribution in [2.75, 3.05) is 13.2 Å². The molecule has 59 heavy (non-hydrogen) atoms. The van der Waals surface area contributed by atoms with Crippen LogP contribution in [0.25, 0.3) is 0 Å². The first-order valence-electron chi connectivity index (χ1n) is 24.0. The number of rotatable bonds is 41. The molecule has 0 aliphatic carbocycles. The molecule has 14 heteroatoms. The van der Waals surface area contributed by atoms with Gasteiger partial charge in [0.1, 0.15) is 30.5 Å². The summed E-state index contributed by atoms with van der Waals surface area (Å²) in [7, 11) is -5.10. The molecule has 1 heterocycles. The van der Waals surface area contributed by atoms with E-state index in [-0.39, 0.29) is 6.42 Å². The van der Waals surface area contributed by atoms with Gasteiger partial charge in [-0.3, -0.25) is 9.35 Å². The smallest absolute Gasteiger partial charge is 0.394 e. The van der Waals surface area contributed by atoms with Crippen molar-refractivity contribution < 1.29 is 57.0 Å². The number of aliphatic hydroxyl groups is 5. The fourth-order valence-corrected chi connectivity index (χ4v) is 8.45. The number of aliphatic hydroxyl groups excluding tert-OH is 5. The van der Waals surface area contributed by atoms with E-state index < -0.39 is 78.5 Å². The molecule has 1 rings (SSSR count). The zero-order valence-electron chi connectivity index (χ0n) is 37.2. The normalized spacial score (nSPS) is 21.4. The lowest BCUT2D eigenvalue weighted by Gasteiger charge is -2.41. The number of carbonyl (C=O) groups excluding carboxylic acids is 1. The van der Waals surface area contributed by atoms with Crippen LogP contribution in [0.5, 0.6) is 0 Å². The van der Waals surface area contributed by atoms with Gasteiger partial charge < -0.3 is 40.3 Å². The number of carbonyl (C=O) groups is 1. The second-order valence-electron chi connectivity index (χ2n) is 17.2. The summed E-state index contributed by atoms with van der Waals surface area (Å²) < 4.78 is 47.5. The molecule has 1 saturated heterocycles. The first-order valence-corrected chi connectivity index (χ1v) is 25.4. The van der Waals surface area contributed by atoms with E-state index >= 15 is 0 Å². The maximum atomic E-state index is 13.1. The molecular formula is C45H89NO12S. The molecule has 0 radical (unpaired) electrons. The Hall–Kier alpha value is -0.940. The molecule has 0 spiro atoms. The quantitative estimate of drug-likeness (QED) is 0.0228. The molecule has 0 aromatic heterocycles. The van der Waals surface area contributed by atoms with Gasteiger partial charge in [-0.25, -0.2) is 4.18 Å². The predicted molar refractivity (Wildman–Crippen MR) is 233 cm³/mol. The zero-order valence-corrected chi connectivity index (χ0v) is 38.0. The van der Waals surface area contributed by atoms with E-state index in [1.807, 2.05) is 0 Å². The largest absolute Gasteiger partial charge is 0.397 e. The molecule has 1 fully saturated rings. The van der Waals surface area contributed by atoms with E-state index in [0.29, 0.717) is 19.3 Å². The van der Waals surface area contributed by atoms with Crippen LogP contribution in [0.1, 0.15) is 219 Å². The van der Waals surface area contributed by atoms with Gasteiger partial charge in [0, 0.05) is 0 Å². The topological polar surface area (TPSA) is 212 Å². The lowest BCUT2D eigenvalue weighted by atomic mass is 9.99. The van der Waals surface area contributed by atoms with Crippen LogP contribution in [-0.2, 0) is 28.9 Å². The minimum Gasteiger partial charge on any atom is -0.394 e. The highest BCUT2D eigenvalue weighted by molar-refractivity contribution is 7.80. The fraction of sp³-hybridized carbons (Fsp3) is 0.978. The number of ether oxygens (including phenoxy) is 2. The summed E-state index contributed by atoms with van der Waals surface area (Å²) in [6.07, 6.45) is 25.9. The second-order valence-corrected chi connectivity index (χ2v) is 18.3. The summed E-state index contributed by atoms with van der Waals surface area (Å²) >= 11 is 0. The third-order valence-corrected chi connectivity index (χ3v) is 12.2. The van der Waals surface area contributed by atoms with Crippen LogP contribution in [0.15, 0.2) is 0 Å². The number of hydrogen-bond acceptors (Lipinski definition) is 11. The van der Waals surface area contributed by atoms with Crippen LogP contribution < -0.4 is 5.32 Å². The molecule has 13 nitrogen and oxygen atoms in total. The minimum atomic E-state index is -5.10. The molecule has 0 bridgehead atoms. The maximum absolute atomic E-state index is 13.1. The SMILES string of the molecule is CCCCCCCCCCCCCCCCCCCCCCCC(O)C(COC1OC(CO)C(O)C(OS(=O)(=O)O)C1O)NC(=O)C(O)CCCCCCCCCCC. The summed E-state index contributed by atoms with van der Waals surface area (Å²) in [4.78, 5) is 13.1. The molecule has 8 unspecified atom stereocenters. The summed E-state index contributed by atoms with van der Waals surface area (Å²) in [6, 6.07) is -1.03. The molecule has 1 aliphatic heterocycles. The first kappa shape index (κ1) is 56.1. The van der Waals surface area contributed by atoms with Gasteiger partial charge in [0.05, 0.1) is 25.4 Å². The average molecular weight is 868 g/mol. The van der Waals surface area contributed by atoms with Crippen LogP contribution in [0.2, 0.25) is 0 Å². The van der Waals surface area contributed by atoms with E-state index in [0.717, 1.165) is 38.5 Å². The predicted octanol–water partition coefficient (Wildman–Crippen LogP) is 8.36. The minimum absolute atomic E-state index is 0.264. The van der Waals surface area contributed by atoms with Gasteiger partial charge >= 0.3 is 10.4 Å². The van der Waals surface area contributed by atoms with Crippen molar-refractivity contribution in [2.45, 2.75) is 268 Å². The van der Waals surface area contributed by atoms with E-state index in [2.05, 4.69) is 23.3 Å². The molecule has 0 saturated carbocycles. The van der Waals surface area contributed by atoms with Crippen LogP contribution in [-0.4, -0.2) is 107 Å². The van der Waals surface area contributed by atoms with Gasteiger partial charge in [-0.05, 0) is 12.8 Å². The lowest BCUT2D eigenvalue weighted by Crippen LogP contribution is -2.61. The molecule has 1 amide bonds. The monoisotopic (exact) mass is 868 g/mol. The molecule has 0 aromatic carbocycles. The Bertz CT molecular complexity index is 1090. The number of nitrogens with one attached hydrogen (secondary N) is 1. The van der Waals surface area contributed by atoms with Crippen LogP contribution in [0.4, 0.5) is 0 Å². The van der Waals surface area contributed by atoms with Gasteiger partial charge in [0.2, 0.25) is 5.91 Å². The summed E-state index contributed by atoms with van der Waals surface area (Å²) in [5.41, 5.74) is 0. The van der Waals surface area contributed by atoms with Crippen molar-refractivity contribution in [1.29, 1.82) is 0 Å². The highest BCUT2D eigenvalue weighted by atomic mass is 32.3. The van der Waals surface area contributed by atoms with Crippen LogP contribution in [0.3, 0.4) is 0 Å². The standard InChI is InChI=1S/C45H89NO12S/c1-3-5-7-9-11-13-14-15-16-17-18-19-20-21-22-23-24-26-27-29-31-33-38(48)37(46-44(52)39(49)34-32-30-28-25-12-10-8-6-4-2)36-56-45-42(51)43(58-59(53,54)55)41(50)40(35-47)57-45/h37-43,45,47-51H,3-36H2,1-2H3,(H,46,52)(H,53,54,55). The Balaban J connectivity index is 2.46. The highest BCUT2D eigenvalue weighted by Gasteiger charge is 2.48. The van der Waals surface area contributed by atoms with Gasteiger partial charge in [-0.2, -0.15) is 8.42 Å². The van der Waals surface area contributed by atoms with Crippen LogP contribution in [0, 0.1) is 0 Å². The zero-order chi connectivity index (χ0) is 43.6. The highest BCUT2D eigenvalue weighted by Crippen LogP contribution is 2.26. The van der Waals surface area contributed by atoms with Gasteiger partial charge in [-0.1, -0.05) is 206 Å². The maximum Gasteiger partial charge on any atom is 0.397 e. The number of amides is 1. The Kier molecular flexibility index (Phi) is 34.7. The summed E-state index contributed by atoms with van der Waals surface area (Å²) in [6.45, 7) is 3.26. The van der Waals surface area contributed by atoms with Crippen molar-refractivity contribution in [2.24, 2.45) is 0 Å². The number of hydrogen-bond donors (Lipinski definition) is 7. The average Bonchev–Trinajstić information content (AvgIpc) is 3.20. The van der Waals surface area contributed by atoms with E-state index in [4.69, 9.17) is 9.47 Å². The first-order chi connectivity index (χ1) is 28.4. The molecule has 1 aliphatic rings. The molecule has 7 N–H and O–H groups in total. The summed E-state index contributed by atoms with van der Waals surface area (Å²) in [5.74, 6) is -0.669. The second kappa shape index (κ2) is 36.5. The van der Waals surface area contributed by atoms with E-state index in [1.54, 1.807) is 0 Å². The van der Waals surface area contributed by atoms with Crippen molar-refractivity contribution in [3.05, 3.63) is 0 Å². The molecule has 352 valence electrons. The van der Waals surface area contributed by atoms with Crippen molar-refractivity contribution in [1.82, 2.24) is 5.32 Å². The Morgan fingerprint density at radius 2 is 0.983 bits per heavy atom. The Morgan fingerprint density at radius 1 is 0.610 bits per heavy atom. The lowest BCUT2D eigenvalue weighted by molar-refractivity contribution is -0.298. The van der Waals surface area contributed by atoms with E-state index in [9.17, 15) is 43.3 Å². The third kappa shape index (κ3) is 29.1. The van der Waals surface area contributed by atoms with Gasteiger partial charge in [-0.15, -0.1) is 0 Å². The van der Waals surface area contributed by atoms with Gasteiger partial charge in [0.25, 0.3) is 0 Å². The van der Waals surface area contributed by atoms with E-state index in [1.165, 1.54) is 141 Å².